The van der Waals surface area contributed by atoms with Gasteiger partial charge in [-0.25, -0.2) is 0 Å². The van der Waals surface area contributed by atoms with Gasteiger partial charge in [-0.15, -0.1) is 22.7 Å². The van der Waals surface area contributed by atoms with Crippen molar-refractivity contribution in [1.82, 2.24) is 0 Å². The zero-order valence-corrected chi connectivity index (χ0v) is 11.6. The molecule has 0 atom stereocenters. The van der Waals surface area contributed by atoms with Gasteiger partial charge >= 0.3 is 0 Å². The fourth-order valence-corrected chi connectivity index (χ4v) is 4.76. The third kappa shape index (κ3) is 1.56. The maximum Gasteiger partial charge on any atom is 0.160 e. The lowest BCUT2D eigenvalue weighted by Gasteiger charge is -2.42. The van der Waals surface area contributed by atoms with E-state index >= 15 is 0 Å². The molecule has 6 heteroatoms. The Morgan fingerprint density at radius 2 is 1.37 bits per heavy atom. The Bertz CT molecular complexity index is 631. The van der Waals surface area contributed by atoms with Crippen LogP contribution in [0.3, 0.4) is 0 Å². The molecule has 2 aromatic rings. The zero-order chi connectivity index (χ0) is 13.0. The number of nitrogens with zero attached hydrogens (tertiary/aromatic N) is 2. The van der Waals surface area contributed by atoms with Crippen molar-refractivity contribution in [2.24, 2.45) is 0 Å². The van der Waals surface area contributed by atoms with E-state index in [9.17, 15) is 9.59 Å². The molecule has 4 rings (SSSR count). The molecule has 0 spiro atoms. The second kappa shape index (κ2) is 3.91. The molecule has 2 aromatic heterocycles. The van der Waals surface area contributed by atoms with Crippen molar-refractivity contribution >= 4 is 46.6 Å². The van der Waals surface area contributed by atoms with Gasteiger partial charge < -0.3 is 9.80 Å². The molecule has 0 aromatic carbocycles. The van der Waals surface area contributed by atoms with Crippen molar-refractivity contribution < 1.29 is 9.59 Å². The topological polar surface area (TPSA) is 40.6 Å². The second-order valence-electron chi connectivity index (χ2n) is 4.69. The second-order valence-corrected chi connectivity index (χ2v) is 7.02. The molecule has 0 saturated carbocycles. The number of hydrogen-bond donors (Lipinski definition) is 0. The molecule has 0 radical (unpaired) electrons. The number of anilines is 2. The SMILES string of the molecule is O=Cc1cc2c(s1)CN1CN2Cc2sc(C=O)cc21. The Morgan fingerprint density at radius 1 is 0.895 bits per heavy atom. The van der Waals surface area contributed by atoms with E-state index in [1.807, 2.05) is 12.1 Å². The molecule has 0 aliphatic carbocycles. The van der Waals surface area contributed by atoms with Crippen LogP contribution >= 0.6 is 22.7 Å². The van der Waals surface area contributed by atoms with Gasteiger partial charge in [0.1, 0.15) is 0 Å². The van der Waals surface area contributed by atoms with Crippen LogP contribution in [0.4, 0.5) is 11.4 Å². The zero-order valence-electron chi connectivity index (χ0n) is 9.96. The number of thiophene rings is 2. The van der Waals surface area contributed by atoms with Crippen molar-refractivity contribution in [2.75, 3.05) is 16.5 Å². The Hall–Kier alpha value is -1.66. The van der Waals surface area contributed by atoms with Gasteiger partial charge in [0.05, 0.1) is 40.9 Å². The Kier molecular flexibility index (Phi) is 2.31. The molecular formula is C13H10N2O2S2. The molecule has 4 nitrogen and oxygen atoms in total. The van der Waals surface area contributed by atoms with Gasteiger partial charge in [0.2, 0.25) is 0 Å². The monoisotopic (exact) mass is 290 g/mol. The number of hydrogen-bond acceptors (Lipinski definition) is 6. The highest BCUT2D eigenvalue weighted by Gasteiger charge is 2.32. The van der Waals surface area contributed by atoms with Gasteiger partial charge in [0.25, 0.3) is 0 Å². The highest BCUT2D eigenvalue weighted by molar-refractivity contribution is 7.14. The molecule has 96 valence electrons. The van der Waals surface area contributed by atoms with Crippen LogP contribution in [0.1, 0.15) is 29.1 Å². The number of rotatable bonds is 2. The summed E-state index contributed by atoms with van der Waals surface area (Å²) in [5.41, 5.74) is 2.35. The number of fused-ring (bicyclic) bond motifs is 6. The van der Waals surface area contributed by atoms with E-state index in [2.05, 4.69) is 9.80 Å². The molecule has 0 amide bonds. The van der Waals surface area contributed by atoms with Crippen LogP contribution in [0.15, 0.2) is 12.1 Å². The number of carbonyl (C=O) groups is 2. The Balaban J connectivity index is 1.80. The first-order valence-corrected chi connectivity index (χ1v) is 7.57. The third-order valence-corrected chi connectivity index (χ3v) is 5.60. The van der Waals surface area contributed by atoms with Gasteiger partial charge in [0, 0.05) is 9.75 Å². The minimum Gasteiger partial charge on any atom is -0.348 e. The molecule has 2 aliphatic heterocycles. The van der Waals surface area contributed by atoms with E-state index in [4.69, 9.17) is 0 Å². The summed E-state index contributed by atoms with van der Waals surface area (Å²) in [6, 6.07) is 3.95. The standard InChI is InChI=1S/C13H10N2O2S2/c16-5-8-1-10-12(18-8)3-15-7-14(10)4-13-11(15)2-9(6-17)19-13/h1-2,5-6H,3-4,7H2. The summed E-state index contributed by atoms with van der Waals surface area (Å²) < 4.78 is 0. The fourth-order valence-electron chi connectivity index (χ4n) is 2.73. The first-order chi connectivity index (χ1) is 9.28. The van der Waals surface area contributed by atoms with Crippen LogP contribution in [-0.4, -0.2) is 19.2 Å². The summed E-state index contributed by atoms with van der Waals surface area (Å²) in [6.07, 6.45) is 1.84. The summed E-state index contributed by atoms with van der Waals surface area (Å²) in [7, 11) is 0. The van der Waals surface area contributed by atoms with Crippen LogP contribution in [0.2, 0.25) is 0 Å². The normalized spacial score (nSPS) is 16.0. The van der Waals surface area contributed by atoms with Crippen LogP contribution in [-0.2, 0) is 13.1 Å². The van der Waals surface area contributed by atoms with Gasteiger partial charge in [0.15, 0.2) is 12.6 Å². The first kappa shape index (κ1) is 11.2. The lowest BCUT2D eigenvalue weighted by Crippen LogP contribution is -2.44. The molecule has 0 unspecified atom stereocenters. The van der Waals surface area contributed by atoms with Gasteiger partial charge in [-0.2, -0.15) is 0 Å². The van der Waals surface area contributed by atoms with Crippen LogP contribution < -0.4 is 9.80 Å². The average Bonchev–Trinajstić information content (AvgIpc) is 3.02. The van der Waals surface area contributed by atoms with Crippen molar-refractivity contribution in [3.8, 4) is 0 Å². The van der Waals surface area contributed by atoms with E-state index in [0.717, 1.165) is 42.1 Å². The summed E-state index contributed by atoms with van der Waals surface area (Å²) in [5.74, 6) is 0. The largest absolute Gasteiger partial charge is 0.348 e. The van der Waals surface area contributed by atoms with Crippen LogP contribution in [0.25, 0.3) is 0 Å². The molecule has 2 bridgehead atoms. The number of aldehydes is 2. The van der Waals surface area contributed by atoms with Crippen LogP contribution in [0.5, 0.6) is 0 Å². The first-order valence-electron chi connectivity index (χ1n) is 5.94. The highest BCUT2D eigenvalue weighted by atomic mass is 32.1. The predicted molar refractivity (Wildman–Crippen MR) is 76.6 cm³/mol. The smallest absolute Gasteiger partial charge is 0.160 e. The maximum absolute atomic E-state index is 10.9. The van der Waals surface area contributed by atoms with Crippen LogP contribution in [0, 0.1) is 0 Å². The fraction of sp³-hybridized carbons (Fsp3) is 0.231. The van der Waals surface area contributed by atoms with Gasteiger partial charge in [-0.3, -0.25) is 9.59 Å². The summed E-state index contributed by atoms with van der Waals surface area (Å²) in [6.45, 7) is 2.49. The molecule has 0 saturated heterocycles. The van der Waals surface area contributed by atoms with Gasteiger partial charge in [-0.05, 0) is 12.1 Å². The molecule has 4 heterocycles. The molecule has 0 fully saturated rings. The van der Waals surface area contributed by atoms with Gasteiger partial charge in [-0.1, -0.05) is 0 Å². The summed E-state index contributed by atoms with van der Waals surface area (Å²) in [4.78, 5) is 30.4. The van der Waals surface area contributed by atoms with Crippen molar-refractivity contribution in [3.63, 3.8) is 0 Å². The molecule has 19 heavy (non-hydrogen) atoms. The summed E-state index contributed by atoms with van der Waals surface area (Å²) >= 11 is 3.12. The van der Waals surface area contributed by atoms with E-state index in [1.165, 1.54) is 21.1 Å². The van der Waals surface area contributed by atoms with E-state index in [0.29, 0.717) is 0 Å². The molecule has 2 aliphatic rings. The van der Waals surface area contributed by atoms with Crippen molar-refractivity contribution in [1.29, 1.82) is 0 Å². The molecular weight excluding hydrogens is 280 g/mol. The maximum atomic E-state index is 10.9. The summed E-state index contributed by atoms with van der Waals surface area (Å²) in [5, 5.41) is 0. The van der Waals surface area contributed by atoms with Crippen molar-refractivity contribution in [2.45, 2.75) is 13.1 Å². The van der Waals surface area contributed by atoms with E-state index in [-0.39, 0.29) is 0 Å². The van der Waals surface area contributed by atoms with E-state index in [1.54, 1.807) is 22.7 Å². The Labute approximate surface area is 117 Å². The van der Waals surface area contributed by atoms with E-state index < -0.39 is 0 Å². The van der Waals surface area contributed by atoms with Crippen molar-refractivity contribution in [3.05, 3.63) is 31.6 Å². The lowest BCUT2D eigenvalue weighted by atomic mass is 10.1. The minimum atomic E-state index is 0.788. The lowest BCUT2D eigenvalue weighted by molar-refractivity contribution is 0.111. The Morgan fingerprint density at radius 3 is 1.79 bits per heavy atom. The number of carbonyl (C=O) groups excluding carboxylic acids is 2. The predicted octanol–water partition coefficient (Wildman–Crippen LogP) is 2.73. The third-order valence-electron chi connectivity index (χ3n) is 3.54. The minimum absolute atomic E-state index is 0.788. The molecule has 0 N–H and O–H groups in total. The highest BCUT2D eigenvalue weighted by Crippen LogP contribution is 2.43. The average molecular weight is 290 g/mol. The quantitative estimate of drug-likeness (QED) is 0.797.